The molecule has 20 aromatic rings. The Bertz CT molecular complexity index is 6290. The van der Waals surface area contributed by atoms with Crippen LogP contribution >= 0.6 is 0 Å². The maximum atomic E-state index is 7.02. The smallest absolute Gasteiger partial charge is 0.144 e. The molecule has 0 aliphatic heterocycles. The van der Waals surface area contributed by atoms with Crippen molar-refractivity contribution in [1.29, 1.82) is 0 Å². The van der Waals surface area contributed by atoms with Gasteiger partial charge in [-0.3, -0.25) is 0 Å². The summed E-state index contributed by atoms with van der Waals surface area (Å²) in [6, 6.07) is 101. The number of hydrogen-bond acceptors (Lipinski definition) is 4. The molecule has 0 atom stereocenters. The van der Waals surface area contributed by atoms with Crippen molar-refractivity contribution < 1.29 is 17.7 Å². The van der Waals surface area contributed by atoms with Crippen molar-refractivity contribution in [3.8, 4) is 55.6 Å². The Morgan fingerprint density at radius 2 is 0.534 bits per heavy atom. The molecule has 0 aliphatic carbocycles. The zero-order valence-corrected chi connectivity index (χ0v) is 47.2. The first kappa shape index (κ1) is 47.6. The van der Waals surface area contributed by atoms with Crippen LogP contribution in [0.5, 0.6) is 0 Å². The molecule has 0 saturated carbocycles. The highest BCUT2D eigenvalue weighted by Gasteiger charge is 2.25. The van der Waals surface area contributed by atoms with Crippen LogP contribution in [0.1, 0.15) is 0 Å². The van der Waals surface area contributed by atoms with Gasteiger partial charge in [0.15, 0.2) is 0 Å². The van der Waals surface area contributed by atoms with Crippen LogP contribution in [0.4, 0.5) is 0 Å². The topological polar surface area (TPSA) is 52.6 Å². The molecule has 0 radical (unpaired) electrons. The molecule has 0 aliphatic rings. The molecule has 0 bridgehead atoms. The van der Waals surface area contributed by atoms with Crippen molar-refractivity contribution in [1.82, 2.24) is 0 Å². The van der Waals surface area contributed by atoms with Crippen LogP contribution in [0.2, 0.25) is 0 Å². The summed E-state index contributed by atoms with van der Waals surface area (Å²) in [5.41, 5.74) is 18.4. The van der Waals surface area contributed by atoms with Gasteiger partial charge in [0.25, 0.3) is 0 Å². The monoisotopic (exact) mass is 1120 g/mol. The molecule has 0 saturated heterocycles. The average molecular weight is 1120 g/mol. The number of benzene rings is 16. The van der Waals surface area contributed by atoms with Gasteiger partial charge in [-0.2, -0.15) is 0 Å². The number of para-hydroxylation sites is 2. The third kappa shape index (κ3) is 6.63. The Hall–Kier alpha value is -11.7. The Morgan fingerprint density at radius 3 is 1.09 bits per heavy atom. The van der Waals surface area contributed by atoms with Crippen LogP contribution < -0.4 is 0 Å². The predicted molar refractivity (Wildman–Crippen MR) is 368 cm³/mol. The van der Waals surface area contributed by atoms with E-state index >= 15 is 0 Å². The van der Waals surface area contributed by atoms with Crippen LogP contribution in [0.25, 0.3) is 208 Å². The number of furan rings is 4. The summed E-state index contributed by atoms with van der Waals surface area (Å²) in [5.74, 6) is 0. The molecule has 406 valence electrons. The van der Waals surface area contributed by atoms with Crippen molar-refractivity contribution in [3.05, 3.63) is 279 Å². The number of rotatable bonds is 5. The molecule has 4 nitrogen and oxygen atoms in total. The second-order valence-corrected chi connectivity index (χ2v) is 23.6. The first-order valence-corrected chi connectivity index (χ1v) is 30.1. The zero-order valence-electron chi connectivity index (χ0n) is 47.2. The van der Waals surface area contributed by atoms with Gasteiger partial charge >= 0.3 is 0 Å². The van der Waals surface area contributed by atoms with Crippen LogP contribution in [-0.4, -0.2) is 0 Å². The molecular weight excluding hydrogens is 1070 g/mol. The summed E-state index contributed by atoms with van der Waals surface area (Å²) in [4.78, 5) is 0. The summed E-state index contributed by atoms with van der Waals surface area (Å²) in [6.45, 7) is 0. The van der Waals surface area contributed by atoms with Crippen LogP contribution in [-0.2, 0) is 0 Å². The van der Waals surface area contributed by atoms with Gasteiger partial charge in [-0.1, -0.05) is 212 Å². The van der Waals surface area contributed by atoms with Gasteiger partial charge in [-0.25, -0.2) is 0 Å². The maximum absolute atomic E-state index is 7.02. The minimum atomic E-state index is 0.839. The Labute approximate surface area is 501 Å². The molecular formula is C84H46O4. The number of fused-ring (bicyclic) bond motifs is 22. The molecule has 16 aromatic carbocycles. The van der Waals surface area contributed by atoms with E-state index in [-0.39, 0.29) is 0 Å². The standard InChI is InChI=1S/C84H46O4/c1-2-16-48(17-3-1)75-54-19-4-8-23-58(54)77(59-24-9-5-20-55(59)75)52-36-40-66-73(45-52)87-71-43-41-62-67(46-74-82(83(62)81(66)71)64-27-13-15-29-69(64)85-74)47-30-32-49(33-31-47)76-56-21-6-10-25-60(56)78(61-26-11-7-22-57(61)76)51-35-39-65-72(44-51)86-70-42-37-50-34-38-63-53-18-12-14-28-68(53)88-84(63)79(50)80(65)70/h1-46H. The highest BCUT2D eigenvalue weighted by Crippen LogP contribution is 2.51. The highest BCUT2D eigenvalue weighted by atomic mass is 16.3. The minimum absolute atomic E-state index is 0.839. The molecule has 88 heavy (non-hydrogen) atoms. The van der Waals surface area contributed by atoms with E-state index in [2.05, 4.69) is 267 Å². The molecule has 0 unspecified atom stereocenters. The molecule has 0 fully saturated rings. The molecule has 0 amide bonds. The third-order valence-corrected chi connectivity index (χ3v) is 19.0. The quantitative estimate of drug-likeness (QED) is 0.161. The Kier molecular flexibility index (Phi) is 9.69. The summed E-state index contributed by atoms with van der Waals surface area (Å²) in [6.07, 6.45) is 0. The van der Waals surface area contributed by atoms with Gasteiger partial charge in [-0.05, 0) is 176 Å². The third-order valence-electron chi connectivity index (χ3n) is 19.0. The van der Waals surface area contributed by atoms with Gasteiger partial charge in [0.2, 0.25) is 0 Å². The van der Waals surface area contributed by atoms with Crippen molar-refractivity contribution >= 4 is 152 Å². The second kappa shape index (κ2) is 17.9. The van der Waals surface area contributed by atoms with Crippen LogP contribution in [0.3, 0.4) is 0 Å². The minimum Gasteiger partial charge on any atom is -0.456 e. The van der Waals surface area contributed by atoms with E-state index in [4.69, 9.17) is 17.7 Å². The van der Waals surface area contributed by atoms with E-state index in [1.807, 2.05) is 12.1 Å². The van der Waals surface area contributed by atoms with E-state index in [1.165, 1.54) is 70.9 Å². The Balaban J connectivity index is 0.739. The van der Waals surface area contributed by atoms with Gasteiger partial charge in [0, 0.05) is 53.9 Å². The average Bonchev–Trinajstić information content (AvgIpc) is 1.54. The van der Waals surface area contributed by atoms with Gasteiger partial charge in [0.1, 0.15) is 44.7 Å². The summed E-state index contributed by atoms with van der Waals surface area (Å²) >= 11 is 0. The van der Waals surface area contributed by atoms with Crippen LogP contribution in [0.15, 0.2) is 297 Å². The first-order chi connectivity index (χ1) is 43.6. The van der Waals surface area contributed by atoms with E-state index in [0.717, 1.165) is 137 Å². The first-order valence-electron chi connectivity index (χ1n) is 30.1. The number of hydrogen-bond donors (Lipinski definition) is 0. The lowest BCUT2D eigenvalue weighted by molar-refractivity contribution is 0.668. The molecule has 0 spiro atoms. The molecule has 20 rings (SSSR count). The fourth-order valence-corrected chi connectivity index (χ4v) is 15.3. The summed E-state index contributed by atoms with van der Waals surface area (Å²) in [5, 5.41) is 22.7. The van der Waals surface area contributed by atoms with Crippen molar-refractivity contribution in [2.45, 2.75) is 0 Å². The maximum Gasteiger partial charge on any atom is 0.144 e. The molecule has 4 heterocycles. The van der Waals surface area contributed by atoms with Crippen molar-refractivity contribution in [2.75, 3.05) is 0 Å². The van der Waals surface area contributed by atoms with Gasteiger partial charge < -0.3 is 17.7 Å². The van der Waals surface area contributed by atoms with E-state index in [9.17, 15) is 0 Å². The predicted octanol–water partition coefficient (Wildman–Crippen LogP) is 24.5. The Morgan fingerprint density at radius 1 is 0.170 bits per heavy atom. The van der Waals surface area contributed by atoms with Crippen molar-refractivity contribution in [3.63, 3.8) is 0 Å². The second-order valence-electron chi connectivity index (χ2n) is 23.6. The highest BCUT2D eigenvalue weighted by molar-refractivity contribution is 6.34. The van der Waals surface area contributed by atoms with Gasteiger partial charge in [-0.15, -0.1) is 0 Å². The normalized spacial score (nSPS) is 12.3. The molecule has 0 N–H and O–H groups in total. The SMILES string of the molecule is c1ccc(-c2c3ccccc3c(-c3ccc4c(c3)oc3ccc5c(-c6ccc(-c7c8ccccc8c(-c8ccc9c(c8)oc8ccc%10ccc%11c%12ccccc%12oc%11c%10c89)c8ccccc78)cc6)cc6oc7ccccc7c6c5c34)c3ccccc23)cc1. The summed E-state index contributed by atoms with van der Waals surface area (Å²) in [7, 11) is 0. The lowest BCUT2D eigenvalue weighted by Crippen LogP contribution is -1.91. The van der Waals surface area contributed by atoms with E-state index in [1.54, 1.807) is 0 Å². The van der Waals surface area contributed by atoms with Crippen LogP contribution in [0, 0.1) is 0 Å². The lowest BCUT2D eigenvalue weighted by atomic mass is 9.85. The summed E-state index contributed by atoms with van der Waals surface area (Å²) < 4.78 is 27.3. The lowest BCUT2D eigenvalue weighted by Gasteiger charge is -2.18. The van der Waals surface area contributed by atoms with E-state index < -0.39 is 0 Å². The fraction of sp³-hybridized carbons (Fsp3) is 0. The van der Waals surface area contributed by atoms with Gasteiger partial charge in [0.05, 0.1) is 0 Å². The zero-order chi connectivity index (χ0) is 57.3. The largest absolute Gasteiger partial charge is 0.456 e. The van der Waals surface area contributed by atoms with E-state index in [0.29, 0.717) is 0 Å². The molecule has 4 aromatic heterocycles. The molecule has 4 heteroatoms. The van der Waals surface area contributed by atoms with Crippen molar-refractivity contribution in [2.24, 2.45) is 0 Å². The fourth-order valence-electron chi connectivity index (χ4n) is 15.3.